The Morgan fingerprint density at radius 2 is 1.67 bits per heavy atom. The van der Waals surface area contributed by atoms with Crippen LogP contribution in [-0.2, 0) is 10.9 Å². The number of benzene rings is 2. The van der Waals surface area contributed by atoms with Crippen molar-refractivity contribution in [3.8, 4) is 11.1 Å². The maximum atomic E-state index is 14.9. The minimum Gasteiger partial charge on any atom is -0.444 e. The summed E-state index contributed by atoms with van der Waals surface area (Å²) in [5, 5.41) is 11.7. The number of halogens is 4. The van der Waals surface area contributed by atoms with Crippen LogP contribution >= 0.6 is 11.8 Å². The molecule has 14 heteroatoms. The van der Waals surface area contributed by atoms with Gasteiger partial charge in [-0.2, -0.15) is 13.2 Å². The predicted molar refractivity (Wildman–Crippen MR) is 177 cm³/mol. The van der Waals surface area contributed by atoms with Crippen molar-refractivity contribution in [1.29, 1.82) is 0 Å². The van der Waals surface area contributed by atoms with Gasteiger partial charge in [-0.3, -0.25) is 9.80 Å². The Hall–Kier alpha value is -3.07. The summed E-state index contributed by atoms with van der Waals surface area (Å²) in [6.45, 7) is 11.0. The van der Waals surface area contributed by atoms with Crippen LogP contribution in [0, 0.1) is 5.82 Å². The lowest BCUT2D eigenvalue weighted by atomic mass is 9.92. The van der Waals surface area contributed by atoms with E-state index < -0.39 is 35.6 Å². The number of aliphatic hydroxyl groups excluding tert-OH is 1. The molecule has 1 aliphatic carbocycles. The van der Waals surface area contributed by atoms with Gasteiger partial charge in [0, 0.05) is 86.7 Å². The molecule has 9 nitrogen and oxygen atoms in total. The largest absolute Gasteiger partial charge is 0.444 e. The van der Waals surface area contributed by atoms with Gasteiger partial charge in [0.25, 0.3) is 0 Å². The number of carbonyl (C=O) groups excluding carboxylic acids is 1. The Kier molecular flexibility index (Phi) is 8.83. The Balaban J connectivity index is 1.25. The molecule has 1 amide bonds. The topological polar surface area (TPSA) is 75.1 Å². The Morgan fingerprint density at radius 3 is 2.27 bits per heavy atom. The van der Waals surface area contributed by atoms with Gasteiger partial charge < -0.3 is 24.5 Å². The highest BCUT2D eigenvalue weighted by Gasteiger charge is 2.45. The molecule has 0 spiro atoms. The molecule has 2 aromatic rings. The molecule has 0 radical (unpaired) electrons. The van der Waals surface area contributed by atoms with E-state index in [1.165, 1.54) is 48.9 Å². The van der Waals surface area contributed by atoms with Crippen molar-refractivity contribution in [3.63, 3.8) is 0 Å². The predicted octanol–water partition coefficient (Wildman–Crippen LogP) is 5.16. The van der Waals surface area contributed by atoms with Gasteiger partial charge in [0.15, 0.2) is 0 Å². The summed E-state index contributed by atoms with van der Waals surface area (Å²) in [7, 11) is 0. The Morgan fingerprint density at radius 1 is 1.00 bits per heavy atom. The average Bonchev–Trinajstić information content (AvgIpc) is 3.88. The molecule has 2 saturated heterocycles. The molecule has 0 bridgehead atoms. The van der Waals surface area contributed by atoms with Crippen molar-refractivity contribution in [2.45, 2.75) is 68.7 Å². The number of nitrogens with zero attached hydrogens (tertiary/aromatic N) is 6. The van der Waals surface area contributed by atoms with Crippen molar-refractivity contribution >= 4 is 29.4 Å². The molecule has 5 aliphatic rings. The molecule has 0 aromatic heterocycles. The van der Waals surface area contributed by atoms with Gasteiger partial charge in [-0.1, -0.05) is 12.1 Å². The molecule has 1 unspecified atom stereocenters. The molecular formula is C34H42F4N6O3S. The van der Waals surface area contributed by atoms with Crippen molar-refractivity contribution in [1.82, 2.24) is 19.6 Å². The number of amides is 1. The fourth-order valence-electron chi connectivity index (χ4n) is 7.20. The molecule has 2 atom stereocenters. The van der Waals surface area contributed by atoms with Crippen molar-refractivity contribution < 1.29 is 32.2 Å². The normalized spacial score (nSPS) is 24.0. The summed E-state index contributed by atoms with van der Waals surface area (Å²) in [6, 6.07) is 6.74. The third-order valence-corrected chi connectivity index (χ3v) is 10.9. The van der Waals surface area contributed by atoms with E-state index in [-0.39, 0.29) is 23.0 Å². The molecule has 2 aromatic carbocycles. The van der Waals surface area contributed by atoms with E-state index in [0.29, 0.717) is 60.7 Å². The number of alkyl halides is 3. The number of hydrogen-bond acceptors (Lipinski definition) is 9. The highest BCUT2D eigenvalue weighted by Crippen LogP contribution is 2.53. The first-order chi connectivity index (χ1) is 22.8. The monoisotopic (exact) mass is 690 g/mol. The lowest BCUT2D eigenvalue weighted by Crippen LogP contribution is -2.58. The van der Waals surface area contributed by atoms with Crippen LogP contribution in [0.25, 0.3) is 11.1 Å². The zero-order valence-corrected chi connectivity index (χ0v) is 28.3. The number of piperazine rings is 2. The summed E-state index contributed by atoms with van der Waals surface area (Å²) in [6.07, 6.45) is -3.96. The molecule has 4 aliphatic heterocycles. The maximum absolute atomic E-state index is 14.9. The SMILES string of the molecule is CC(C)(C)OC(=O)N1CCN(C2=NC(O)N3c4c2cc(C(F)(F)F)c(-c2ccc(F)cc2)c4SC[C@@H]3CN2CCN(C3CC3)CC2)CC1. The number of amidine groups is 1. The third-order valence-electron chi connectivity index (χ3n) is 9.66. The second kappa shape index (κ2) is 12.7. The van der Waals surface area contributed by atoms with Gasteiger partial charge >= 0.3 is 12.3 Å². The number of anilines is 1. The van der Waals surface area contributed by atoms with Crippen LogP contribution in [0.1, 0.15) is 44.7 Å². The molecule has 3 fully saturated rings. The molecule has 4 heterocycles. The number of carbonyl (C=O) groups is 1. The van der Waals surface area contributed by atoms with E-state index >= 15 is 0 Å². The van der Waals surface area contributed by atoms with Crippen LogP contribution in [-0.4, -0.2) is 125 Å². The van der Waals surface area contributed by atoms with Crippen molar-refractivity contribution in [3.05, 3.63) is 47.3 Å². The molecule has 7 rings (SSSR count). The van der Waals surface area contributed by atoms with Crippen LogP contribution in [0.2, 0.25) is 0 Å². The smallest absolute Gasteiger partial charge is 0.417 e. The van der Waals surface area contributed by atoms with Crippen LogP contribution in [0.5, 0.6) is 0 Å². The maximum Gasteiger partial charge on any atom is 0.417 e. The van der Waals surface area contributed by atoms with Crippen LogP contribution in [0.3, 0.4) is 0 Å². The van der Waals surface area contributed by atoms with Gasteiger partial charge in [-0.25, -0.2) is 14.2 Å². The third kappa shape index (κ3) is 6.73. The van der Waals surface area contributed by atoms with Crippen molar-refractivity contribution in [2.24, 2.45) is 4.99 Å². The van der Waals surface area contributed by atoms with Gasteiger partial charge in [0.2, 0.25) is 6.35 Å². The van der Waals surface area contributed by atoms with Gasteiger partial charge in [0.1, 0.15) is 17.3 Å². The molecule has 260 valence electrons. The quantitative estimate of drug-likeness (QED) is 0.442. The minimum atomic E-state index is -4.71. The molecule has 1 N–H and O–H groups in total. The fourth-order valence-corrected chi connectivity index (χ4v) is 8.55. The number of rotatable bonds is 4. The number of ether oxygens (including phenoxy) is 1. The highest BCUT2D eigenvalue weighted by molar-refractivity contribution is 7.99. The zero-order valence-electron chi connectivity index (χ0n) is 27.5. The number of hydrogen-bond donors (Lipinski definition) is 1. The lowest BCUT2D eigenvalue weighted by Gasteiger charge is -2.48. The van der Waals surface area contributed by atoms with Crippen LogP contribution in [0.4, 0.5) is 28.0 Å². The zero-order chi connectivity index (χ0) is 34.0. The lowest BCUT2D eigenvalue weighted by molar-refractivity contribution is -0.137. The summed E-state index contributed by atoms with van der Waals surface area (Å²) in [5.74, 6) is 0.195. The van der Waals surface area contributed by atoms with Gasteiger partial charge in [0.05, 0.1) is 17.3 Å². The second-order valence-electron chi connectivity index (χ2n) is 14.2. The number of thioether (sulfide) groups is 1. The van der Waals surface area contributed by atoms with E-state index in [2.05, 4.69) is 14.8 Å². The van der Waals surface area contributed by atoms with E-state index in [9.17, 15) is 27.5 Å². The van der Waals surface area contributed by atoms with E-state index in [1.807, 2.05) is 4.90 Å². The minimum absolute atomic E-state index is 0.0176. The fraction of sp³-hybridized carbons (Fsp3) is 0.588. The first-order valence-electron chi connectivity index (χ1n) is 16.7. The Labute approximate surface area is 282 Å². The standard InChI is InChI=1S/C34H42F4N6O3S/c1-33(2,3)47-32(46)43-16-14-42(15-17-43)30-25-18-26(34(36,37)38)27(21-4-6-22(35)7-5-21)29-28(25)44(31(45)39-30)24(20-48-29)19-40-10-12-41(13-11-40)23-8-9-23/h4-7,18,23-24,31,45H,8-17,19-20H2,1-3H3/t24-,31?/m0/s1. The average molecular weight is 691 g/mol. The van der Waals surface area contributed by atoms with Crippen LogP contribution in [0.15, 0.2) is 40.2 Å². The first kappa shape index (κ1) is 33.4. The van der Waals surface area contributed by atoms with Gasteiger partial charge in [-0.05, 0) is 57.4 Å². The highest BCUT2D eigenvalue weighted by atomic mass is 32.2. The second-order valence-corrected chi connectivity index (χ2v) is 15.3. The van der Waals surface area contributed by atoms with Crippen molar-refractivity contribution in [2.75, 3.05) is 69.6 Å². The number of aliphatic imine (C=N–C) groups is 1. The summed E-state index contributed by atoms with van der Waals surface area (Å²) in [5.41, 5.74) is -0.430. The number of aliphatic hydroxyl groups is 1. The Bertz CT molecular complexity index is 1560. The van der Waals surface area contributed by atoms with E-state index in [0.717, 1.165) is 32.2 Å². The summed E-state index contributed by atoms with van der Waals surface area (Å²) in [4.78, 5) is 27.9. The van der Waals surface area contributed by atoms with E-state index in [4.69, 9.17) is 4.74 Å². The molecule has 48 heavy (non-hydrogen) atoms. The summed E-state index contributed by atoms with van der Waals surface area (Å²) >= 11 is 1.36. The van der Waals surface area contributed by atoms with Gasteiger partial charge in [-0.15, -0.1) is 11.8 Å². The first-order valence-corrected chi connectivity index (χ1v) is 17.7. The van der Waals surface area contributed by atoms with Crippen LogP contribution < -0.4 is 4.90 Å². The summed E-state index contributed by atoms with van der Waals surface area (Å²) < 4.78 is 64.3. The van der Waals surface area contributed by atoms with E-state index in [1.54, 1.807) is 30.6 Å². The molecule has 1 saturated carbocycles. The molecular weight excluding hydrogens is 648 g/mol.